The molecule has 1 rings (SSSR count). The van der Waals surface area contributed by atoms with Crippen molar-refractivity contribution in [2.75, 3.05) is 39.3 Å². The van der Waals surface area contributed by atoms with E-state index < -0.39 is 5.97 Å². The smallest absolute Gasteiger partial charge is 0.317 e. The summed E-state index contributed by atoms with van der Waals surface area (Å²) in [5, 5.41) is 11.4. The lowest BCUT2D eigenvalue weighted by molar-refractivity contribution is -0.136. The van der Waals surface area contributed by atoms with Crippen LogP contribution >= 0.6 is 0 Å². The zero-order valence-corrected chi connectivity index (χ0v) is 10.1. The maximum absolute atomic E-state index is 10.3. The number of carboxylic acid groups (broad SMARTS) is 1. The molecule has 0 spiro atoms. The minimum Gasteiger partial charge on any atom is -0.480 e. The van der Waals surface area contributed by atoms with Gasteiger partial charge in [0, 0.05) is 26.2 Å². The summed E-state index contributed by atoms with van der Waals surface area (Å²) in [6, 6.07) is 0. The van der Waals surface area contributed by atoms with E-state index in [9.17, 15) is 4.79 Å². The second kappa shape index (κ2) is 6.83. The van der Waals surface area contributed by atoms with Crippen LogP contribution in [0.5, 0.6) is 0 Å². The zero-order valence-electron chi connectivity index (χ0n) is 10.1. The predicted molar refractivity (Wildman–Crippen MR) is 61.5 cm³/mol. The molecule has 0 aliphatic carbocycles. The Bertz CT molecular complexity index is 221. The molecule has 1 fully saturated rings. The number of nitrogens with one attached hydrogen (secondary N) is 1. The molecule has 0 amide bonds. The topological polar surface area (TPSA) is 61.8 Å². The molecule has 1 aliphatic heterocycles. The normalized spacial score (nSPS) is 22.6. The van der Waals surface area contributed by atoms with E-state index in [-0.39, 0.29) is 12.6 Å². The third kappa shape index (κ3) is 5.44. The molecule has 1 aliphatic rings. The van der Waals surface area contributed by atoms with Gasteiger partial charge in [-0.15, -0.1) is 0 Å². The third-order valence-corrected chi connectivity index (χ3v) is 2.49. The van der Waals surface area contributed by atoms with Crippen LogP contribution in [-0.4, -0.2) is 61.4 Å². The number of carboxylic acids is 1. The molecule has 5 heteroatoms. The molecule has 2 N–H and O–H groups in total. The van der Waals surface area contributed by atoms with E-state index in [1.165, 1.54) is 0 Å². The maximum atomic E-state index is 10.3. The minimum atomic E-state index is -0.824. The van der Waals surface area contributed by atoms with Crippen LogP contribution in [-0.2, 0) is 9.53 Å². The zero-order chi connectivity index (χ0) is 12.0. The molecule has 94 valence electrons. The predicted octanol–water partition coefficient (Wildman–Crippen LogP) is 0.0174. The SMILES string of the molecule is CC(C)CN1CCOC(CNCC(=O)O)C1. The molecule has 16 heavy (non-hydrogen) atoms. The summed E-state index contributed by atoms with van der Waals surface area (Å²) < 4.78 is 5.57. The van der Waals surface area contributed by atoms with Crippen molar-refractivity contribution < 1.29 is 14.6 Å². The fourth-order valence-corrected chi connectivity index (χ4v) is 1.93. The lowest BCUT2D eigenvalue weighted by Crippen LogP contribution is -2.48. The van der Waals surface area contributed by atoms with Gasteiger partial charge in [0.25, 0.3) is 0 Å². The average Bonchev–Trinajstić information content (AvgIpc) is 2.16. The van der Waals surface area contributed by atoms with Crippen molar-refractivity contribution in [3.63, 3.8) is 0 Å². The van der Waals surface area contributed by atoms with E-state index in [1.807, 2.05) is 0 Å². The quantitative estimate of drug-likeness (QED) is 0.673. The summed E-state index contributed by atoms with van der Waals surface area (Å²) in [5.41, 5.74) is 0. The highest BCUT2D eigenvalue weighted by molar-refractivity contribution is 5.68. The molecule has 0 saturated carbocycles. The van der Waals surface area contributed by atoms with Gasteiger partial charge in [-0.05, 0) is 5.92 Å². The van der Waals surface area contributed by atoms with E-state index in [1.54, 1.807) is 0 Å². The van der Waals surface area contributed by atoms with Gasteiger partial charge in [-0.2, -0.15) is 0 Å². The number of carbonyl (C=O) groups is 1. The van der Waals surface area contributed by atoms with Crippen LogP contribution < -0.4 is 5.32 Å². The van der Waals surface area contributed by atoms with Crippen molar-refractivity contribution in [3.05, 3.63) is 0 Å². The van der Waals surface area contributed by atoms with E-state index in [0.717, 1.165) is 26.2 Å². The highest BCUT2D eigenvalue weighted by Gasteiger charge is 2.20. The first-order valence-electron chi connectivity index (χ1n) is 5.84. The Hall–Kier alpha value is -0.650. The molecule has 5 nitrogen and oxygen atoms in total. The molecule has 1 heterocycles. The van der Waals surface area contributed by atoms with Crippen LogP contribution in [0.2, 0.25) is 0 Å². The largest absolute Gasteiger partial charge is 0.480 e. The summed E-state index contributed by atoms with van der Waals surface area (Å²) in [6.45, 7) is 8.72. The van der Waals surface area contributed by atoms with Crippen molar-refractivity contribution in [1.29, 1.82) is 0 Å². The van der Waals surface area contributed by atoms with Gasteiger partial charge in [-0.3, -0.25) is 9.69 Å². The fraction of sp³-hybridized carbons (Fsp3) is 0.909. The van der Waals surface area contributed by atoms with E-state index in [2.05, 4.69) is 24.1 Å². The van der Waals surface area contributed by atoms with Crippen molar-refractivity contribution in [1.82, 2.24) is 10.2 Å². The number of morpholine rings is 1. The first-order valence-corrected chi connectivity index (χ1v) is 5.84. The van der Waals surface area contributed by atoms with Gasteiger partial charge in [0.05, 0.1) is 19.3 Å². The summed E-state index contributed by atoms with van der Waals surface area (Å²) in [5.74, 6) is -0.166. The lowest BCUT2D eigenvalue weighted by Gasteiger charge is -2.33. The van der Waals surface area contributed by atoms with Crippen LogP contribution in [0, 0.1) is 5.92 Å². The molecule has 0 aromatic heterocycles. The first kappa shape index (κ1) is 13.4. The first-order chi connectivity index (χ1) is 7.58. The number of aliphatic carboxylic acids is 1. The minimum absolute atomic E-state index is 0.00401. The van der Waals surface area contributed by atoms with Crippen molar-refractivity contribution in [2.24, 2.45) is 5.92 Å². The highest BCUT2D eigenvalue weighted by Crippen LogP contribution is 2.07. The molecule has 0 aromatic rings. The Balaban J connectivity index is 2.19. The van der Waals surface area contributed by atoms with Crippen LogP contribution in [0.1, 0.15) is 13.8 Å². The van der Waals surface area contributed by atoms with Gasteiger partial charge in [0.2, 0.25) is 0 Å². The van der Waals surface area contributed by atoms with Crippen LogP contribution in [0.3, 0.4) is 0 Å². The van der Waals surface area contributed by atoms with E-state index in [0.29, 0.717) is 12.5 Å². The summed E-state index contributed by atoms with van der Waals surface area (Å²) in [6.07, 6.45) is 0.117. The number of nitrogens with zero attached hydrogens (tertiary/aromatic N) is 1. The average molecular weight is 230 g/mol. The molecule has 1 atom stereocenters. The Labute approximate surface area is 96.8 Å². The molecular weight excluding hydrogens is 208 g/mol. The maximum Gasteiger partial charge on any atom is 0.317 e. The van der Waals surface area contributed by atoms with Crippen molar-refractivity contribution >= 4 is 5.97 Å². The highest BCUT2D eigenvalue weighted by atomic mass is 16.5. The van der Waals surface area contributed by atoms with Gasteiger partial charge >= 0.3 is 5.97 Å². The summed E-state index contributed by atoms with van der Waals surface area (Å²) >= 11 is 0. The molecule has 1 unspecified atom stereocenters. The van der Waals surface area contributed by atoms with Crippen LogP contribution in [0.4, 0.5) is 0 Å². The number of hydrogen-bond acceptors (Lipinski definition) is 4. The van der Waals surface area contributed by atoms with Crippen LogP contribution in [0.15, 0.2) is 0 Å². The van der Waals surface area contributed by atoms with E-state index in [4.69, 9.17) is 9.84 Å². The van der Waals surface area contributed by atoms with Gasteiger partial charge < -0.3 is 15.2 Å². The summed E-state index contributed by atoms with van der Waals surface area (Å²) in [7, 11) is 0. The van der Waals surface area contributed by atoms with Crippen molar-refractivity contribution in [3.8, 4) is 0 Å². The molecule has 0 radical (unpaired) electrons. The third-order valence-electron chi connectivity index (χ3n) is 2.49. The summed E-state index contributed by atoms with van der Waals surface area (Å²) in [4.78, 5) is 12.7. The Morgan fingerprint density at radius 3 is 3.00 bits per heavy atom. The Morgan fingerprint density at radius 2 is 2.38 bits per heavy atom. The standard InChI is InChI=1S/C11H22N2O3/c1-9(2)7-13-3-4-16-10(8-13)5-12-6-11(14)15/h9-10,12H,3-8H2,1-2H3,(H,14,15). The fourth-order valence-electron chi connectivity index (χ4n) is 1.93. The van der Waals surface area contributed by atoms with Gasteiger partial charge in [0.1, 0.15) is 0 Å². The second-order valence-electron chi connectivity index (χ2n) is 4.67. The van der Waals surface area contributed by atoms with Crippen molar-refractivity contribution in [2.45, 2.75) is 20.0 Å². The molecule has 0 bridgehead atoms. The monoisotopic (exact) mass is 230 g/mol. The molecular formula is C11H22N2O3. The Kier molecular flexibility index (Phi) is 5.73. The van der Waals surface area contributed by atoms with E-state index >= 15 is 0 Å². The second-order valence-corrected chi connectivity index (χ2v) is 4.67. The number of ether oxygens (including phenoxy) is 1. The molecule has 1 saturated heterocycles. The number of rotatable bonds is 6. The Morgan fingerprint density at radius 1 is 1.62 bits per heavy atom. The van der Waals surface area contributed by atoms with Gasteiger partial charge in [-0.1, -0.05) is 13.8 Å². The van der Waals surface area contributed by atoms with Crippen LogP contribution in [0.25, 0.3) is 0 Å². The number of hydrogen-bond donors (Lipinski definition) is 2. The van der Waals surface area contributed by atoms with Gasteiger partial charge in [-0.25, -0.2) is 0 Å². The van der Waals surface area contributed by atoms with Gasteiger partial charge in [0.15, 0.2) is 0 Å². The lowest BCUT2D eigenvalue weighted by atomic mass is 10.2. The molecule has 0 aromatic carbocycles.